The summed E-state index contributed by atoms with van der Waals surface area (Å²) in [6.45, 7) is 1.66. The Kier molecular flexibility index (Phi) is 3.99. The molecule has 1 amide bonds. The zero-order valence-electron chi connectivity index (χ0n) is 13.2. The second-order valence-corrected chi connectivity index (χ2v) is 6.41. The van der Waals surface area contributed by atoms with E-state index in [0.29, 0.717) is 6.42 Å². The third-order valence-electron chi connectivity index (χ3n) is 4.92. The molecule has 6 heteroatoms. The molecule has 0 unspecified atom stereocenters. The number of pyridine rings is 1. The van der Waals surface area contributed by atoms with E-state index in [1.807, 2.05) is 33.7 Å². The fourth-order valence-corrected chi connectivity index (χ4v) is 3.72. The smallest absolute Gasteiger partial charge is 0.223 e. The Bertz CT molecular complexity index is 693. The molecular formula is C17H22N4O2. The lowest BCUT2D eigenvalue weighted by atomic mass is 10.1. The summed E-state index contributed by atoms with van der Waals surface area (Å²) in [6, 6.07) is 5.91. The molecule has 4 heterocycles. The van der Waals surface area contributed by atoms with E-state index in [4.69, 9.17) is 4.74 Å². The zero-order chi connectivity index (χ0) is 15.6. The molecule has 2 aromatic rings. The highest BCUT2D eigenvalue weighted by atomic mass is 16.5. The van der Waals surface area contributed by atoms with Crippen LogP contribution in [0.4, 0.5) is 0 Å². The largest absolute Gasteiger partial charge is 0.378 e. The van der Waals surface area contributed by atoms with E-state index in [9.17, 15) is 4.79 Å². The van der Waals surface area contributed by atoms with Crippen LogP contribution in [-0.4, -0.2) is 44.7 Å². The van der Waals surface area contributed by atoms with Crippen LogP contribution in [0.15, 0.2) is 24.4 Å². The van der Waals surface area contributed by atoms with Crippen molar-refractivity contribution in [1.29, 1.82) is 0 Å². The van der Waals surface area contributed by atoms with Crippen LogP contribution in [0, 0.1) is 0 Å². The van der Waals surface area contributed by atoms with Crippen molar-refractivity contribution in [2.45, 2.75) is 50.7 Å². The highest BCUT2D eigenvalue weighted by Gasteiger charge is 2.33. The number of carbonyl (C=O) groups is 1. The Balaban J connectivity index is 1.48. The third-order valence-corrected chi connectivity index (χ3v) is 4.92. The minimum atomic E-state index is 0.0457. The number of nitrogens with zero attached hydrogens (tertiary/aromatic N) is 4. The Labute approximate surface area is 135 Å². The van der Waals surface area contributed by atoms with Gasteiger partial charge in [0.15, 0.2) is 11.5 Å². The Morgan fingerprint density at radius 1 is 1.26 bits per heavy atom. The normalized spacial score (nSPS) is 24.6. The summed E-state index contributed by atoms with van der Waals surface area (Å²) in [5.41, 5.74) is 0.834. The van der Waals surface area contributed by atoms with Crippen molar-refractivity contribution in [1.82, 2.24) is 19.5 Å². The van der Waals surface area contributed by atoms with E-state index in [-0.39, 0.29) is 18.1 Å². The molecule has 0 radical (unpaired) electrons. The summed E-state index contributed by atoms with van der Waals surface area (Å²) < 4.78 is 7.62. The van der Waals surface area contributed by atoms with Crippen LogP contribution >= 0.6 is 0 Å². The van der Waals surface area contributed by atoms with Gasteiger partial charge in [-0.2, -0.15) is 0 Å². The van der Waals surface area contributed by atoms with Gasteiger partial charge >= 0.3 is 0 Å². The first kappa shape index (κ1) is 14.6. The summed E-state index contributed by atoms with van der Waals surface area (Å²) in [6.07, 6.45) is 7.84. The molecule has 0 spiro atoms. The first-order valence-corrected chi connectivity index (χ1v) is 8.53. The molecule has 2 aliphatic heterocycles. The molecule has 0 aliphatic carbocycles. The van der Waals surface area contributed by atoms with Gasteiger partial charge in [-0.15, -0.1) is 10.2 Å². The fraction of sp³-hybridized carbons (Fsp3) is 0.588. The van der Waals surface area contributed by atoms with Crippen molar-refractivity contribution in [3.8, 4) is 0 Å². The molecule has 2 fully saturated rings. The molecular weight excluding hydrogens is 292 g/mol. The van der Waals surface area contributed by atoms with Gasteiger partial charge in [-0.1, -0.05) is 6.07 Å². The molecule has 0 bridgehead atoms. The Morgan fingerprint density at radius 2 is 2.22 bits per heavy atom. The minimum absolute atomic E-state index is 0.0457. The van der Waals surface area contributed by atoms with E-state index in [0.717, 1.165) is 56.7 Å². The first-order valence-electron chi connectivity index (χ1n) is 8.53. The van der Waals surface area contributed by atoms with Gasteiger partial charge in [0.1, 0.15) is 0 Å². The van der Waals surface area contributed by atoms with Crippen molar-refractivity contribution in [3.63, 3.8) is 0 Å². The molecule has 0 aromatic carbocycles. The number of carbonyl (C=O) groups excluding carboxylic acids is 1. The van der Waals surface area contributed by atoms with Gasteiger partial charge < -0.3 is 9.64 Å². The topological polar surface area (TPSA) is 59.7 Å². The minimum Gasteiger partial charge on any atom is -0.378 e. The Hall–Kier alpha value is -1.95. The molecule has 2 aliphatic rings. The van der Waals surface area contributed by atoms with Crippen LogP contribution in [0.3, 0.4) is 0 Å². The summed E-state index contributed by atoms with van der Waals surface area (Å²) in [4.78, 5) is 14.6. The van der Waals surface area contributed by atoms with Crippen LogP contribution in [0.25, 0.3) is 5.65 Å². The SMILES string of the molecule is O=C(CC[C@H]1CCCO1)N1CCC[C@H]1c1nnc2ccccn12. The number of fused-ring (bicyclic) bond motifs is 1. The van der Waals surface area contributed by atoms with Crippen LogP contribution < -0.4 is 0 Å². The number of aromatic nitrogens is 3. The van der Waals surface area contributed by atoms with Crippen LogP contribution in [0.5, 0.6) is 0 Å². The molecule has 2 aromatic heterocycles. The second-order valence-electron chi connectivity index (χ2n) is 6.41. The predicted molar refractivity (Wildman–Crippen MR) is 84.9 cm³/mol. The summed E-state index contributed by atoms with van der Waals surface area (Å²) in [7, 11) is 0. The quantitative estimate of drug-likeness (QED) is 0.869. The maximum Gasteiger partial charge on any atom is 0.223 e. The van der Waals surface area contributed by atoms with Crippen molar-refractivity contribution >= 4 is 11.6 Å². The van der Waals surface area contributed by atoms with Crippen molar-refractivity contribution in [3.05, 3.63) is 30.2 Å². The summed E-state index contributed by atoms with van der Waals surface area (Å²) in [5, 5.41) is 8.56. The van der Waals surface area contributed by atoms with Gasteiger partial charge in [0.25, 0.3) is 0 Å². The monoisotopic (exact) mass is 314 g/mol. The molecule has 0 saturated carbocycles. The average Bonchev–Trinajstić information content (AvgIpc) is 3.31. The molecule has 6 nitrogen and oxygen atoms in total. The first-order chi connectivity index (χ1) is 11.3. The van der Waals surface area contributed by atoms with E-state index < -0.39 is 0 Å². The highest BCUT2D eigenvalue weighted by molar-refractivity contribution is 5.77. The number of hydrogen-bond donors (Lipinski definition) is 0. The molecule has 0 N–H and O–H groups in total. The predicted octanol–water partition coefficient (Wildman–Crippen LogP) is 2.35. The third kappa shape index (κ3) is 2.83. The van der Waals surface area contributed by atoms with Gasteiger partial charge in [-0.25, -0.2) is 0 Å². The maximum atomic E-state index is 12.7. The number of hydrogen-bond acceptors (Lipinski definition) is 4. The van der Waals surface area contributed by atoms with E-state index >= 15 is 0 Å². The van der Waals surface area contributed by atoms with E-state index in [1.54, 1.807) is 0 Å². The van der Waals surface area contributed by atoms with Crippen LogP contribution in [0.2, 0.25) is 0 Å². The van der Waals surface area contributed by atoms with Gasteiger partial charge in [0, 0.05) is 25.8 Å². The van der Waals surface area contributed by atoms with Crippen molar-refractivity contribution in [2.24, 2.45) is 0 Å². The summed E-state index contributed by atoms with van der Waals surface area (Å²) in [5.74, 6) is 1.10. The second kappa shape index (κ2) is 6.28. The van der Waals surface area contributed by atoms with E-state index in [2.05, 4.69) is 10.2 Å². The molecule has 23 heavy (non-hydrogen) atoms. The number of amides is 1. The lowest BCUT2D eigenvalue weighted by molar-refractivity contribution is -0.132. The number of ether oxygens (including phenoxy) is 1. The zero-order valence-corrected chi connectivity index (χ0v) is 13.2. The van der Waals surface area contributed by atoms with Gasteiger partial charge in [-0.3, -0.25) is 9.20 Å². The highest BCUT2D eigenvalue weighted by Crippen LogP contribution is 2.32. The molecule has 2 saturated heterocycles. The van der Waals surface area contributed by atoms with Gasteiger partial charge in [0.2, 0.25) is 5.91 Å². The maximum absolute atomic E-state index is 12.7. The lowest BCUT2D eigenvalue weighted by Gasteiger charge is -2.24. The average molecular weight is 314 g/mol. The molecule has 2 atom stereocenters. The fourth-order valence-electron chi connectivity index (χ4n) is 3.72. The van der Waals surface area contributed by atoms with E-state index in [1.165, 1.54) is 0 Å². The number of rotatable bonds is 4. The number of likely N-dealkylation sites (tertiary alicyclic amines) is 1. The standard InChI is InChI=1S/C17H22N4O2/c22-16(9-8-13-5-4-12-23-13)20-11-3-6-14(20)17-19-18-15-7-1-2-10-21(15)17/h1-2,7,10,13-14H,3-6,8-9,11-12H2/t13-,14+/m1/s1. The van der Waals surface area contributed by atoms with Crippen LogP contribution in [0.1, 0.15) is 50.4 Å². The summed E-state index contributed by atoms with van der Waals surface area (Å²) >= 11 is 0. The van der Waals surface area contributed by atoms with Crippen LogP contribution in [-0.2, 0) is 9.53 Å². The lowest BCUT2D eigenvalue weighted by Crippen LogP contribution is -2.32. The van der Waals surface area contributed by atoms with Gasteiger partial charge in [-0.05, 0) is 44.2 Å². The van der Waals surface area contributed by atoms with Crippen molar-refractivity contribution in [2.75, 3.05) is 13.2 Å². The molecule has 122 valence electrons. The Morgan fingerprint density at radius 3 is 3.09 bits per heavy atom. The molecule has 4 rings (SSSR count). The van der Waals surface area contributed by atoms with Crippen molar-refractivity contribution < 1.29 is 9.53 Å². The van der Waals surface area contributed by atoms with Gasteiger partial charge in [0.05, 0.1) is 12.1 Å².